The number of H-pyrrole nitrogens is 1. The average molecular weight is 248 g/mol. The molecule has 2 heterocycles. The van der Waals surface area contributed by atoms with Gasteiger partial charge in [0.1, 0.15) is 5.82 Å². The van der Waals surface area contributed by atoms with E-state index in [0.717, 1.165) is 27.9 Å². The summed E-state index contributed by atoms with van der Waals surface area (Å²) in [6, 6.07) is 16.2. The summed E-state index contributed by atoms with van der Waals surface area (Å²) in [5, 5.41) is 0. The Morgan fingerprint density at radius 2 is 1.74 bits per heavy atom. The Labute approximate surface area is 109 Å². The van der Waals surface area contributed by atoms with Gasteiger partial charge in [0, 0.05) is 0 Å². The zero-order chi connectivity index (χ0) is 12.7. The topological polar surface area (TPSA) is 46.5 Å². The molecule has 0 aliphatic heterocycles. The van der Waals surface area contributed by atoms with Crippen LogP contribution in [-0.4, -0.2) is 19.5 Å². The third kappa shape index (κ3) is 1.69. The monoisotopic (exact) mass is 248 g/mol. The van der Waals surface area contributed by atoms with E-state index < -0.39 is 0 Å². The molecule has 0 saturated heterocycles. The Morgan fingerprint density at radius 1 is 0.947 bits per heavy atom. The van der Waals surface area contributed by atoms with Gasteiger partial charge in [-0.15, -0.1) is 0 Å². The number of rotatable bonds is 2. The van der Waals surface area contributed by atoms with E-state index in [1.165, 1.54) is 0 Å². The molecule has 0 radical (unpaired) electrons. The van der Waals surface area contributed by atoms with Crippen molar-refractivity contribution in [2.45, 2.75) is 6.54 Å². The lowest BCUT2D eigenvalue weighted by Crippen LogP contribution is -1.99. The second kappa shape index (κ2) is 3.95. The molecule has 0 bridgehead atoms. The van der Waals surface area contributed by atoms with Gasteiger partial charge < -0.3 is 9.55 Å². The lowest BCUT2D eigenvalue weighted by molar-refractivity contribution is 0.781. The molecule has 0 unspecified atom stereocenters. The van der Waals surface area contributed by atoms with Crippen LogP contribution in [0.15, 0.2) is 54.9 Å². The lowest BCUT2D eigenvalue weighted by Gasteiger charge is -2.00. The molecule has 1 N–H and O–H groups in total. The highest BCUT2D eigenvalue weighted by molar-refractivity contribution is 5.76. The molecule has 4 aromatic rings. The second-order valence-electron chi connectivity index (χ2n) is 4.56. The number of fused-ring (bicyclic) bond motifs is 2. The highest BCUT2D eigenvalue weighted by Gasteiger charge is 2.05. The molecule has 2 aromatic heterocycles. The van der Waals surface area contributed by atoms with Crippen LogP contribution in [0.3, 0.4) is 0 Å². The van der Waals surface area contributed by atoms with Crippen molar-refractivity contribution >= 4 is 22.1 Å². The molecule has 2 aromatic carbocycles. The van der Waals surface area contributed by atoms with Crippen LogP contribution in [-0.2, 0) is 6.54 Å². The molecular formula is C15H12N4. The Bertz CT molecular complexity index is 823. The van der Waals surface area contributed by atoms with Crippen LogP contribution >= 0.6 is 0 Å². The predicted octanol–water partition coefficient (Wildman–Crippen LogP) is 2.96. The van der Waals surface area contributed by atoms with Gasteiger partial charge in [0.15, 0.2) is 0 Å². The fourth-order valence-corrected chi connectivity index (χ4v) is 2.38. The van der Waals surface area contributed by atoms with E-state index in [2.05, 4.69) is 25.6 Å². The van der Waals surface area contributed by atoms with Crippen LogP contribution in [0.5, 0.6) is 0 Å². The molecule has 0 amide bonds. The molecule has 4 heteroatoms. The summed E-state index contributed by atoms with van der Waals surface area (Å²) in [4.78, 5) is 12.3. The summed E-state index contributed by atoms with van der Waals surface area (Å²) < 4.78 is 2.10. The maximum atomic E-state index is 4.59. The average Bonchev–Trinajstić information content (AvgIpc) is 3.03. The van der Waals surface area contributed by atoms with Gasteiger partial charge in [-0.2, -0.15) is 0 Å². The smallest absolute Gasteiger partial charge is 0.127 e. The summed E-state index contributed by atoms with van der Waals surface area (Å²) in [5.74, 6) is 0.948. The van der Waals surface area contributed by atoms with Gasteiger partial charge in [-0.1, -0.05) is 24.3 Å². The van der Waals surface area contributed by atoms with E-state index in [-0.39, 0.29) is 0 Å². The number of para-hydroxylation sites is 4. The van der Waals surface area contributed by atoms with Gasteiger partial charge in [0.2, 0.25) is 0 Å². The molecule has 0 fully saturated rings. The van der Waals surface area contributed by atoms with Crippen molar-refractivity contribution in [2.24, 2.45) is 0 Å². The van der Waals surface area contributed by atoms with E-state index in [9.17, 15) is 0 Å². The Balaban J connectivity index is 1.78. The first-order chi connectivity index (χ1) is 9.40. The minimum atomic E-state index is 0.704. The van der Waals surface area contributed by atoms with E-state index in [0.29, 0.717) is 6.54 Å². The first kappa shape index (κ1) is 10.3. The molecule has 0 spiro atoms. The Hall–Kier alpha value is -2.62. The summed E-state index contributed by atoms with van der Waals surface area (Å²) >= 11 is 0. The van der Waals surface area contributed by atoms with Crippen LogP contribution in [0.2, 0.25) is 0 Å². The number of benzene rings is 2. The summed E-state index contributed by atoms with van der Waals surface area (Å²) in [7, 11) is 0. The third-order valence-corrected chi connectivity index (χ3v) is 3.29. The van der Waals surface area contributed by atoms with Crippen LogP contribution in [0.25, 0.3) is 22.1 Å². The zero-order valence-corrected chi connectivity index (χ0v) is 10.2. The van der Waals surface area contributed by atoms with Crippen molar-refractivity contribution < 1.29 is 0 Å². The molecule has 0 aliphatic carbocycles. The van der Waals surface area contributed by atoms with Gasteiger partial charge in [0.25, 0.3) is 0 Å². The fraction of sp³-hybridized carbons (Fsp3) is 0.0667. The predicted molar refractivity (Wildman–Crippen MR) is 74.9 cm³/mol. The molecule has 0 aliphatic rings. The number of imidazole rings is 2. The minimum Gasteiger partial charge on any atom is -0.340 e. The summed E-state index contributed by atoms with van der Waals surface area (Å²) in [6.07, 6.45) is 1.86. The van der Waals surface area contributed by atoms with E-state index in [4.69, 9.17) is 0 Å². The molecule has 4 rings (SSSR count). The minimum absolute atomic E-state index is 0.704. The maximum absolute atomic E-state index is 4.59. The number of nitrogens with zero attached hydrogens (tertiary/aromatic N) is 3. The van der Waals surface area contributed by atoms with Gasteiger partial charge in [-0.25, -0.2) is 9.97 Å². The molecule has 4 nitrogen and oxygen atoms in total. The van der Waals surface area contributed by atoms with E-state index >= 15 is 0 Å². The van der Waals surface area contributed by atoms with Crippen LogP contribution in [0.1, 0.15) is 5.82 Å². The first-order valence-electron chi connectivity index (χ1n) is 6.24. The van der Waals surface area contributed by atoms with Gasteiger partial charge in [-0.3, -0.25) is 0 Å². The maximum Gasteiger partial charge on any atom is 0.127 e. The van der Waals surface area contributed by atoms with E-state index in [1.54, 1.807) is 0 Å². The van der Waals surface area contributed by atoms with Crippen molar-refractivity contribution in [3.05, 3.63) is 60.7 Å². The van der Waals surface area contributed by atoms with Crippen LogP contribution in [0, 0.1) is 0 Å². The van der Waals surface area contributed by atoms with Gasteiger partial charge in [-0.05, 0) is 24.3 Å². The summed E-state index contributed by atoms with van der Waals surface area (Å²) in [5.41, 5.74) is 4.21. The van der Waals surface area contributed by atoms with Gasteiger partial charge in [0.05, 0.1) is 34.9 Å². The number of aromatic nitrogens is 4. The number of hydrogen-bond acceptors (Lipinski definition) is 2. The Morgan fingerprint density at radius 3 is 2.63 bits per heavy atom. The Kier molecular flexibility index (Phi) is 2.14. The standard InChI is InChI=1S/C15H12N4/c1-2-6-12-11(5-1)17-15(18-12)9-19-10-16-13-7-3-4-8-14(13)19/h1-8,10H,9H2,(H,17,18). The van der Waals surface area contributed by atoms with Crippen molar-refractivity contribution in [3.63, 3.8) is 0 Å². The molecule has 92 valence electrons. The fourth-order valence-electron chi connectivity index (χ4n) is 2.38. The molecule has 0 atom stereocenters. The number of nitrogens with one attached hydrogen (secondary N) is 1. The second-order valence-corrected chi connectivity index (χ2v) is 4.56. The van der Waals surface area contributed by atoms with Crippen molar-refractivity contribution in [1.82, 2.24) is 19.5 Å². The normalized spacial score (nSPS) is 11.4. The largest absolute Gasteiger partial charge is 0.340 e. The van der Waals surface area contributed by atoms with Crippen molar-refractivity contribution in [3.8, 4) is 0 Å². The van der Waals surface area contributed by atoms with Crippen molar-refractivity contribution in [2.75, 3.05) is 0 Å². The number of aromatic amines is 1. The molecule has 19 heavy (non-hydrogen) atoms. The highest BCUT2D eigenvalue weighted by Crippen LogP contribution is 2.15. The SMILES string of the molecule is c1ccc2[nH]c(Cn3cnc4ccccc43)nc2c1. The van der Waals surface area contributed by atoms with Crippen molar-refractivity contribution in [1.29, 1.82) is 0 Å². The van der Waals surface area contributed by atoms with Crippen LogP contribution < -0.4 is 0 Å². The number of hydrogen-bond donors (Lipinski definition) is 1. The first-order valence-corrected chi connectivity index (χ1v) is 6.24. The van der Waals surface area contributed by atoms with Crippen LogP contribution in [0.4, 0.5) is 0 Å². The quantitative estimate of drug-likeness (QED) is 0.593. The molecular weight excluding hydrogens is 236 g/mol. The molecule has 0 saturated carbocycles. The lowest BCUT2D eigenvalue weighted by atomic mass is 10.3. The third-order valence-electron chi connectivity index (χ3n) is 3.29. The zero-order valence-electron chi connectivity index (χ0n) is 10.2. The highest BCUT2D eigenvalue weighted by atomic mass is 15.1. The summed E-state index contributed by atoms with van der Waals surface area (Å²) in [6.45, 7) is 0.704. The van der Waals surface area contributed by atoms with E-state index in [1.807, 2.05) is 48.8 Å². The van der Waals surface area contributed by atoms with Gasteiger partial charge >= 0.3 is 0 Å².